The molecular weight excluding hydrogens is 701 g/mol. The van der Waals surface area contributed by atoms with Crippen LogP contribution in [0, 0.1) is 11.8 Å². The van der Waals surface area contributed by atoms with Gasteiger partial charge in [0.1, 0.15) is 5.82 Å². The molecule has 1 heterocycles. The van der Waals surface area contributed by atoms with E-state index in [9.17, 15) is 0 Å². The van der Waals surface area contributed by atoms with Gasteiger partial charge in [0, 0.05) is 17.6 Å². The summed E-state index contributed by atoms with van der Waals surface area (Å²) in [5.74, 6) is 1.21. The molecule has 0 saturated carbocycles. The lowest BCUT2D eigenvalue weighted by Crippen LogP contribution is -2.15. The summed E-state index contributed by atoms with van der Waals surface area (Å²) in [7, 11) is 0. The maximum atomic E-state index is 4.85. The Morgan fingerprint density at radius 2 is 1.43 bits per heavy atom. The minimum absolute atomic E-state index is 0.113. The summed E-state index contributed by atoms with van der Waals surface area (Å²) in [5.41, 5.74) is 18.3. The zero-order valence-corrected chi connectivity index (χ0v) is 33.8. The van der Waals surface area contributed by atoms with Gasteiger partial charge in [-0.25, -0.2) is 4.98 Å². The lowest BCUT2D eigenvalue weighted by atomic mass is 9.69. The number of nitrogens with zero attached hydrogens (tertiary/aromatic N) is 2. The van der Waals surface area contributed by atoms with Gasteiger partial charge in [-0.15, -0.1) is 6.58 Å². The smallest absolute Gasteiger partial charge is 0.137 e. The Balaban J connectivity index is 1.34. The van der Waals surface area contributed by atoms with Crippen molar-refractivity contribution in [1.29, 1.82) is 0 Å². The van der Waals surface area contributed by atoms with Crippen LogP contribution in [0.25, 0.3) is 16.7 Å². The molecule has 0 aliphatic heterocycles. The van der Waals surface area contributed by atoms with Crippen LogP contribution in [0.2, 0.25) is 0 Å². The second kappa shape index (κ2) is 17.2. The summed E-state index contributed by atoms with van der Waals surface area (Å²) in [4.78, 5) is 6.96. The summed E-state index contributed by atoms with van der Waals surface area (Å²) in [5, 5.41) is 0. The first-order valence-electron chi connectivity index (χ1n) is 20.4. The summed E-state index contributed by atoms with van der Waals surface area (Å²) in [6.07, 6.45) is 21.9. The predicted octanol–water partition coefficient (Wildman–Crippen LogP) is 15.0. The second-order valence-corrected chi connectivity index (χ2v) is 15.2. The SMILES string of the molecule is C=CC(C)C(/C=C\C)=C(\C1=C(C(=C)c2ccccc2)CC2=CC(C)C=C(c3ccc(N(c4ccccc4)c4ccccn4)cc3)C3=C2C1=CC=CC3)c1ccccc1. The van der Waals surface area contributed by atoms with Crippen molar-refractivity contribution in [3.63, 3.8) is 0 Å². The zero-order chi connectivity index (χ0) is 40.0. The minimum Gasteiger partial charge on any atom is -0.295 e. The average Bonchev–Trinajstić information content (AvgIpc) is 3.58. The van der Waals surface area contributed by atoms with Crippen LogP contribution in [-0.4, -0.2) is 4.98 Å². The molecule has 58 heavy (non-hydrogen) atoms. The van der Waals surface area contributed by atoms with E-state index >= 15 is 0 Å². The van der Waals surface area contributed by atoms with Crippen LogP contribution in [0.3, 0.4) is 0 Å². The third-order valence-corrected chi connectivity index (χ3v) is 11.4. The number of allylic oxidation sites excluding steroid dienone is 18. The highest BCUT2D eigenvalue weighted by Crippen LogP contribution is 2.53. The molecule has 0 bridgehead atoms. The van der Waals surface area contributed by atoms with E-state index in [4.69, 9.17) is 11.6 Å². The molecule has 1 aromatic heterocycles. The van der Waals surface area contributed by atoms with E-state index < -0.39 is 0 Å². The van der Waals surface area contributed by atoms with Gasteiger partial charge in [0.05, 0.1) is 0 Å². The Hall–Kier alpha value is -6.77. The van der Waals surface area contributed by atoms with E-state index in [1.54, 1.807) is 0 Å². The molecule has 0 spiro atoms. The molecule has 0 fully saturated rings. The Kier molecular flexibility index (Phi) is 11.3. The average molecular weight is 751 g/mol. The maximum absolute atomic E-state index is 4.85. The van der Waals surface area contributed by atoms with E-state index in [2.05, 4.69) is 202 Å². The maximum Gasteiger partial charge on any atom is 0.137 e. The zero-order valence-electron chi connectivity index (χ0n) is 33.8. The van der Waals surface area contributed by atoms with Crippen LogP contribution < -0.4 is 4.90 Å². The topological polar surface area (TPSA) is 16.1 Å². The van der Waals surface area contributed by atoms with Crippen LogP contribution in [-0.2, 0) is 0 Å². The van der Waals surface area contributed by atoms with Gasteiger partial charge < -0.3 is 0 Å². The number of hydrogen-bond acceptors (Lipinski definition) is 2. The third kappa shape index (κ3) is 7.54. The first kappa shape index (κ1) is 38.1. The van der Waals surface area contributed by atoms with Crippen molar-refractivity contribution in [3.8, 4) is 0 Å². The highest BCUT2D eigenvalue weighted by Gasteiger charge is 2.35. The molecule has 4 aromatic carbocycles. The predicted molar refractivity (Wildman–Crippen MR) is 248 cm³/mol. The second-order valence-electron chi connectivity index (χ2n) is 15.2. The van der Waals surface area contributed by atoms with Crippen molar-refractivity contribution >= 4 is 33.9 Å². The molecule has 0 radical (unpaired) electrons. The van der Waals surface area contributed by atoms with E-state index in [0.717, 1.165) is 41.2 Å². The van der Waals surface area contributed by atoms with Gasteiger partial charge in [0.25, 0.3) is 0 Å². The molecule has 3 aliphatic carbocycles. The molecule has 8 rings (SSSR count). The first-order chi connectivity index (χ1) is 28.5. The molecule has 5 aromatic rings. The molecule has 0 saturated heterocycles. The van der Waals surface area contributed by atoms with Crippen molar-refractivity contribution in [3.05, 3.63) is 257 Å². The number of rotatable bonds is 11. The molecule has 2 atom stereocenters. The first-order valence-corrected chi connectivity index (χ1v) is 20.4. The standard InChI is InChI=1S/C56H50N2/c1-6-21-48(40(4)7-2)55(44-24-13-9-14-25-44)56-50-29-18-17-28-49-52(37-39(3)36-45(54(49)50)38-51(56)41(5)42-22-11-8-12-23-42)43-31-33-47(34-32-43)58(46-26-15-10-16-27-46)53-30-19-20-35-57-53/h6-27,29-37,39-40H,2,5,28,38H2,1,3-4H3/b21-6-,55-48-. The molecule has 2 unspecified atom stereocenters. The van der Waals surface area contributed by atoms with Crippen molar-refractivity contribution in [2.75, 3.05) is 4.90 Å². The van der Waals surface area contributed by atoms with Gasteiger partial charge in [-0.05, 0) is 140 Å². The lowest BCUT2D eigenvalue weighted by Gasteiger charge is -2.34. The van der Waals surface area contributed by atoms with E-state index in [1.807, 2.05) is 18.3 Å². The normalized spacial score (nSPS) is 17.3. The number of hydrogen-bond donors (Lipinski definition) is 0. The van der Waals surface area contributed by atoms with Crippen LogP contribution in [0.15, 0.2) is 240 Å². The molecule has 284 valence electrons. The van der Waals surface area contributed by atoms with Crippen LogP contribution >= 0.6 is 0 Å². The number of anilines is 3. The number of para-hydroxylation sites is 1. The molecule has 2 nitrogen and oxygen atoms in total. The molecule has 2 heteroatoms. The summed E-state index contributed by atoms with van der Waals surface area (Å²) in [6.45, 7) is 15.8. The summed E-state index contributed by atoms with van der Waals surface area (Å²) < 4.78 is 0. The summed E-state index contributed by atoms with van der Waals surface area (Å²) >= 11 is 0. The van der Waals surface area contributed by atoms with Crippen LogP contribution in [0.1, 0.15) is 50.3 Å². The fourth-order valence-electron chi connectivity index (χ4n) is 8.64. The van der Waals surface area contributed by atoms with E-state index in [1.165, 1.54) is 61.3 Å². The van der Waals surface area contributed by atoms with Gasteiger partial charge in [0.2, 0.25) is 0 Å². The van der Waals surface area contributed by atoms with Crippen molar-refractivity contribution < 1.29 is 0 Å². The van der Waals surface area contributed by atoms with Gasteiger partial charge in [-0.3, -0.25) is 4.90 Å². The van der Waals surface area contributed by atoms with Gasteiger partial charge in [0.15, 0.2) is 0 Å². The summed E-state index contributed by atoms with van der Waals surface area (Å²) in [6, 6.07) is 47.2. The minimum atomic E-state index is 0.113. The number of aromatic nitrogens is 1. The molecule has 0 amide bonds. The van der Waals surface area contributed by atoms with Crippen LogP contribution in [0.4, 0.5) is 17.2 Å². The van der Waals surface area contributed by atoms with Crippen molar-refractivity contribution in [2.45, 2.75) is 33.6 Å². The van der Waals surface area contributed by atoms with Crippen molar-refractivity contribution in [1.82, 2.24) is 4.98 Å². The third-order valence-electron chi connectivity index (χ3n) is 11.4. The van der Waals surface area contributed by atoms with E-state index in [0.29, 0.717) is 0 Å². The van der Waals surface area contributed by atoms with E-state index in [-0.39, 0.29) is 11.8 Å². The Bertz CT molecular complexity index is 2530. The molecule has 3 aliphatic rings. The highest BCUT2D eigenvalue weighted by atomic mass is 15.2. The largest absolute Gasteiger partial charge is 0.295 e. The fourth-order valence-corrected chi connectivity index (χ4v) is 8.64. The number of pyridine rings is 1. The van der Waals surface area contributed by atoms with Gasteiger partial charge >= 0.3 is 0 Å². The molecule has 0 N–H and O–H groups in total. The fraction of sp³-hybridized carbons (Fsp3) is 0.125. The van der Waals surface area contributed by atoms with Gasteiger partial charge in [-0.2, -0.15) is 0 Å². The van der Waals surface area contributed by atoms with Crippen LogP contribution in [0.5, 0.6) is 0 Å². The number of benzene rings is 4. The Morgan fingerprint density at radius 1 is 0.776 bits per heavy atom. The Labute approximate surface area is 345 Å². The highest BCUT2D eigenvalue weighted by molar-refractivity contribution is 5.99. The Morgan fingerprint density at radius 3 is 2.09 bits per heavy atom. The van der Waals surface area contributed by atoms with Gasteiger partial charge in [-0.1, -0.05) is 166 Å². The van der Waals surface area contributed by atoms with Crippen molar-refractivity contribution in [2.24, 2.45) is 11.8 Å². The monoisotopic (exact) mass is 750 g/mol. The molecular formula is C56H50N2. The quantitative estimate of drug-likeness (QED) is 0.0987. The lowest BCUT2D eigenvalue weighted by molar-refractivity contribution is 0.894.